The van der Waals surface area contributed by atoms with Crippen LogP contribution in [0.15, 0.2) is 36.4 Å². The number of nitro groups is 1. The summed E-state index contributed by atoms with van der Waals surface area (Å²) >= 11 is 0. The van der Waals surface area contributed by atoms with Gasteiger partial charge < -0.3 is 9.47 Å². The lowest BCUT2D eigenvalue weighted by atomic mass is 10.1. The van der Waals surface area contributed by atoms with Crippen molar-refractivity contribution in [2.75, 3.05) is 19.1 Å². The number of carbonyl (C=O) groups excluding carboxylic acids is 2. The number of non-ortho nitro benzene ring substituents is 1. The summed E-state index contributed by atoms with van der Waals surface area (Å²) in [4.78, 5) is 36.5. The van der Waals surface area contributed by atoms with Crippen molar-refractivity contribution >= 4 is 23.2 Å². The first-order chi connectivity index (χ1) is 11.5. The Bertz CT molecular complexity index is 817. The zero-order valence-electron chi connectivity index (χ0n) is 12.8. The second-order valence-corrected chi connectivity index (χ2v) is 4.94. The van der Waals surface area contributed by atoms with Gasteiger partial charge in [-0.3, -0.25) is 19.7 Å². The molecule has 0 N–H and O–H groups in total. The molecule has 3 rings (SSSR count). The van der Waals surface area contributed by atoms with Crippen LogP contribution in [0.25, 0.3) is 0 Å². The van der Waals surface area contributed by atoms with Gasteiger partial charge in [0.1, 0.15) is 11.5 Å². The minimum Gasteiger partial charge on any atom is -0.496 e. The highest BCUT2D eigenvalue weighted by Crippen LogP contribution is 2.39. The number of rotatable bonds is 4. The van der Waals surface area contributed by atoms with Gasteiger partial charge in [0.25, 0.3) is 17.5 Å². The molecule has 0 aliphatic carbocycles. The van der Waals surface area contributed by atoms with E-state index in [0.29, 0.717) is 0 Å². The minimum absolute atomic E-state index is 0.111. The average Bonchev–Trinajstić information content (AvgIpc) is 2.86. The van der Waals surface area contributed by atoms with Gasteiger partial charge in [-0.15, -0.1) is 0 Å². The molecule has 24 heavy (non-hydrogen) atoms. The van der Waals surface area contributed by atoms with Gasteiger partial charge in [-0.25, -0.2) is 4.90 Å². The Hall–Kier alpha value is -3.42. The number of methoxy groups -OCH3 is 2. The molecule has 0 atom stereocenters. The van der Waals surface area contributed by atoms with Crippen LogP contribution in [-0.2, 0) is 0 Å². The minimum atomic E-state index is -0.570. The van der Waals surface area contributed by atoms with Crippen molar-refractivity contribution in [2.24, 2.45) is 0 Å². The largest absolute Gasteiger partial charge is 0.496 e. The van der Waals surface area contributed by atoms with Crippen LogP contribution in [-0.4, -0.2) is 31.0 Å². The molecular weight excluding hydrogens is 316 g/mol. The molecule has 2 amide bonds. The van der Waals surface area contributed by atoms with Crippen LogP contribution in [0.3, 0.4) is 0 Å². The Balaban J connectivity index is 2.11. The molecule has 2 aromatic rings. The van der Waals surface area contributed by atoms with Crippen molar-refractivity contribution in [2.45, 2.75) is 0 Å². The van der Waals surface area contributed by atoms with Crippen molar-refractivity contribution in [1.82, 2.24) is 0 Å². The monoisotopic (exact) mass is 328 g/mol. The van der Waals surface area contributed by atoms with Gasteiger partial charge in [-0.05, 0) is 24.3 Å². The normalized spacial score (nSPS) is 13.0. The first-order valence-corrected chi connectivity index (χ1v) is 6.87. The summed E-state index contributed by atoms with van der Waals surface area (Å²) in [5.74, 6) is -0.624. The van der Waals surface area contributed by atoms with E-state index in [4.69, 9.17) is 9.47 Å². The lowest BCUT2D eigenvalue weighted by Crippen LogP contribution is -2.29. The Kier molecular flexibility index (Phi) is 3.64. The maximum Gasteiger partial charge on any atom is 0.270 e. The number of nitro benzene ring substituents is 1. The molecule has 0 radical (unpaired) electrons. The van der Waals surface area contributed by atoms with Gasteiger partial charge in [0.2, 0.25) is 0 Å². The number of hydrogen-bond acceptors (Lipinski definition) is 6. The maximum absolute atomic E-state index is 12.7. The number of fused-ring (bicyclic) bond motifs is 1. The predicted octanol–water partition coefficient (Wildman–Crippen LogP) is 2.41. The van der Waals surface area contributed by atoms with Gasteiger partial charge in [0.05, 0.1) is 36.0 Å². The second kappa shape index (κ2) is 5.65. The molecule has 0 fully saturated rings. The van der Waals surface area contributed by atoms with E-state index in [0.717, 1.165) is 4.90 Å². The van der Waals surface area contributed by atoms with Crippen molar-refractivity contribution in [3.05, 3.63) is 57.6 Å². The fourth-order valence-electron chi connectivity index (χ4n) is 2.60. The Morgan fingerprint density at radius 1 is 0.875 bits per heavy atom. The number of hydrogen-bond donors (Lipinski definition) is 0. The van der Waals surface area contributed by atoms with Crippen LogP contribution >= 0.6 is 0 Å². The molecule has 0 aromatic heterocycles. The summed E-state index contributed by atoms with van der Waals surface area (Å²) < 4.78 is 10.3. The molecular formula is C16H12N2O6. The Morgan fingerprint density at radius 2 is 1.33 bits per heavy atom. The van der Waals surface area contributed by atoms with Gasteiger partial charge in [0, 0.05) is 12.1 Å². The molecule has 8 nitrogen and oxygen atoms in total. The first kappa shape index (κ1) is 15.5. The lowest BCUT2D eigenvalue weighted by molar-refractivity contribution is -0.384. The summed E-state index contributed by atoms with van der Waals surface area (Å²) in [7, 11) is 2.79. The average molecular weight is 328 g/mol. The number of imide groups is 1. The van der Waals surface area contributed by atoms with Gasteiger partial charge in [0.15, 0.2) is 0 Å². The highest BCUT2D eigenvalue weighted by atomic mass is 16.6. The lowest BCUT2D eigenvalue weighted by Gasteiger charge is -2.13. The molecule has 0 saturated heterocycles. The standard InChI is InChI=1S/C16H12N2O6/c1-23-11-7-8-12(24-2)14-13(11)15(19)17(16(14)20)9-3-5-10(6-4-9)18(21)22/h3-8H,1-2H3. The highest BCUT2D eigenvalue weighted by Gasteiger charge is 2.41. The number of carbonyl (C=O) groups is 2. The van der Waals surface area contributed by atoms with E-state index < -0.39 is 16.7 Å². The number of nitrogens with zero attached hydrogens (tertiary/aromatic N) is 2. The van der Waals surface area contributed by atoms with Crippen molar-refractivity contribution in [1.29, 1.82) is 0 Å². The number of ether oxygens (including phenoxy) is 2. The molecule has 0 spiro atoms. The van der Waals surface area contributed by atoms with E-state index >= 15 is 0 Å². The van der Waals surface area contributed by atoms with Crippen LogP contribution in [0.4, 0.5) is 11.4 Å². The van der Waals surface area contributed by atoms with Crippen LogP contribution in [0.2, 0.25) is 0 Å². The van der Waals surface area contributed by atoms with E-state index in [9.17, 15) is 19.7 Å². The molecule has 122 valence electrons. The smallest absolute Gasteiger partial charge is 0.270 e. The van der Waals surface area contributed by atoms with Crippen LogP contribution in [0.1, 0.15) is 20.7 Å². The predicted molar refractivity (Wildman–Crippen MR) is 83.8 cm³/mol. The van der Waals surface area contributed by atoms with E-state index in [2.05, 4.69) is 0 Å². The van der Waals surface area contributed by atoms with Crippen LogP contribution in [0, 0.1) is 10.1 Å². The third kappa shape index (κ3) is 2.16. The molecule has 1 aliphatic rings. The third-order valence-corrected chi connectivity index (χ3v) is 3.72. The fourth-order valence-corrected chi connectivity index (χ4v) is 2.60. The van der Waals surface area contributed by atoms with E-state index in [1.807, 2.05) is 0 Å². The third-order valence-electron chi connectivity index (χ3n) is 3.72. The SMILES string of the molecule is COc1ccc(OC)c2c1C(=O)N(c1ccc([N+](=O)[O-])cc1)C2=O. The maximum atomic E-state index is 12.7. The van der Waals surface area contributed by atoms with Crippen LogP contribution < -0.4 is 14.4 Å². The van der Waals surface area contributed by atoms with Gasteiger partial charge >= 0.3 is 0 Å². The first-order valence-electron chi connectivity index (χ1n) is 6.87. The number of anilines is 1. The van der Waals surface area contributed by atoms with E-state index in [1.54, 1.807) is 12.1 Å². The van der Waals surface area contributed by atoms with Crippen LogP contribution in [0.5, 0.6) is 11.5 Å². The highest BCUT2D eigenvalue weighted by molar-refractivity contribution is 6.36. The molecule has 1 heterocycles. The van der Waals surface area contributed by atoms with Crippen molar-refractivity contribution in [3.63, 3.8) is 0 Å². The molecule has 0 saturated carbocycles. The molecule has 0 unspecified atom stereocenters. The fraction of sp³-hybridized carbons (Fsp3) is 0.125. The summed E-state index contributed by atoms with van der Waals surface area (Å²) in [5, 5.41) is 10.7. The second-order valence-electron chi connectivity index (χ2n) is 4.94. The van der Waals surface area contributed by atoms with Gasteiger partial charge in [-0.2, -0.15) is 0 Å². The zero-order chi connectivity index (χ0) is 17.4. The zero-order valence-corrected chi connectivity index (χ0v) is 12.8. The van der Waals surface area contributed by atoms with E-state index in [-0.39, 0.29) is 34.0 Å². The number of amides is 2. The Morgan fingerprint density at radius 3 is 1.71 bits per heavy atom. The number of benzene rings is 2. The molecule has 1 aliphatic heterocycles. The van der Waals surface area contributed by atoms with Crippen molar-refractivity contribution < 1.29 is 24.0 Å². The molecule has 0 bridgehead atoms. The topological polar surface area (TPSA) is 99.0 Å². The van der Waals surface area contributed by atoms with Crippen molar-refractivity contribution in [3.8, 4) is 11.5 Å². The summed E-state index contributed by atoms with van der Waals surface area (Å²) in [6.45, 7) is 0. The summed E-state index contributed by atoms with van der Waals surface area (Å²) in [6.07, 6.45) is 0. The molecule has 8 heteroatoms. The van der Waals surface area contributed by atoms with Gasteiger partial charge in [-0.1, -0.05) is 0 Å². The quantitative estimate of drug-likeness (QED) is 0.485. The molecule has 2 aromatic carbocycles. The summed E-state index contributed by atoms with van der Waals surface area (Å²) in [5.41, 5.74) is 0.321. The van der Waals surface area contributed by atoms with E-state index in [1.165, 1.54) is 38.5 Å². The Labute approximate surface area is 136 Å². The summed E-state index contributed by atoms with van der Waals surface area (Å²) in [6, 6.07) is 8.24.